The molecule has 0 bridgehead atoms. The van der Waals surface area contributed by atoms with Gasteiger partial charge >= 0.3 is 0 Å². The minimum Gasteiger partial charge on any atom is -0.329 e. The van der Waals surface area contributed by atoms with Gasteiger partial charge in [0.15, 0.2) is 0 Å². The highest BCUT2D eigenvalue weighted by molar-refractivity contribution is 6.36. The summed E-state index contributed by atoms with van der Waals surface area (Å²) in [6.07, 6.45) is 0. The van der Waals surface area contributed by atoms with Crippen molar-refractivity contribution in [1.29, 1.82) is 0 Å². The van der Waals surface area contributed by atoms with E-state index in [1.807, 2.05) is 65.6 Å². The zero-order chi connectivity index (χ0) is 16.4. The van der Waals surface area contributed by atoms with Crippen molar-refractivity contribution in [3.63, 3.8) is 0 Å². The molecule has 0 aliphatic carbocycles. The Kier molecular flexibility index (Phi) is 4.65. The number of nitrogens with zero attached hydrogens (tertiary/aromatic N) is 1. The van der Waals surface area contributed by atoms with Gasteiger partial charge in [-0.1, -0.05) is 60.7 Å². The molecular weight excluding hydrogens is 329 g/mol. The number of hydrogen-bond donors (Lipinski definition) is 0. The molecule has 0 spiro atoms. The van der Waals surface area contributed by atoms with Crippen LogP contribution in [0.5, 0.6) is 0 Å². The number of carbonyl (C=O) groups is 1. The summed E-state index contributed by atoms with van der Waals surface area (Å²) in [5.41, 5.74) is 2.16. The molecule has 2 aromatic rings. The quantitative estimate of drug-likeness (QED) is 0.738. The van der Waals surface area contributed by atoms with Crippen LogP contribution >= 0.6 is 23.2 Å². The fourth-order valence-electron chi connectivity index (χ4n) is 3.32. The van der Waals surface area contributed by atoms with Gasteiger partial charge in [-0.2, -0.15) is 0 Å². The van der Waals surface area contributed by atoms with Crippen molar-refractivity contribution in [2.45, 2.75) is 24.4 Å². The van der Waals surface area contributed by atoms with Crippen molar-refractivity contribution in [1.82, 2.24) is 4.90 Å². The Morgan fingerprint density at radius 1 is 1.04 bits per heavy atom. The van der Waals surface area contributed by atoms with Gasteiger partial charge in [-0.3, -0.25) is 4.79 Å². The maximum Gasteiger partial charge on any atom is 0.244 e. The molecule has 1 aliphatic rings. The SMILES string of the molecule is CC1(Cl)C(=O)N(Cc2ccccc2)[C@@H](c2ccccc2)[C@@H]1CCl. The fourth-order valence-corrected chi connectivity index (χ4v) is 4.18. The van der Waals surface area contributed by atoms with Crippen LogP contribution in [0.4, 0.5) is 0 Å². The second-order valence-corrected chi connectivity index (χ2v) is 7.20. The lowest BCUT2D eigenvalue weighted by atomic mass is 9.88. The Hall–Kier alpha value is -1.51. The van der Waals surface area contributed by atoms with Crippen molar-refractivity contribution >= 4 is 29.1 Å². The molecule has 1 amide bonds. The van der Waals surface area contributed by atoms with Gasteiger partial charge in [0.25, 0.3) is 0 Å². The van der Waals surface area contributed by atoms with Gasteiger partial charge < -0.3 is 4.90 Å². The van der Waals surface area contributed by atoms with Gasteiger partial charge in [0.05, 0.1) is 6.04 Å². The third-order valence-electron chi connectivity index (χ3n) is 4.60. The molecule has 1 aliphatic heterocycles. The molecule has 2 nitrogen and oxygen atoms in total. The first-order chi connectivity index (χ1) is 11.1. The lowest BCUT2D eigenvalue weighted by molar-refractivity contribution is -0.131. The van der Waals surface area contributed by atoms with Gasteiger partial charge in [-0.25, -0.2) is 0 Å². The molecule has 3 atom stereocenters. The van der Waals surface area contributed by atoms with Crippen LogP contribution in [0.25, 0.3) is 0 Å². The van der Waals surface area contributed by atoms with E-state index in [-0.39, 0.29) is 17.9 Å². The normalized spacial score (nSPS) is 27.4. The highest BCUT2D eigenvalue weighted by Crippen LogP contribution is 2.48. The first-order valence-corrected chi connectivity index (χ1v) is 8.61. The van der Waals surface area contributed by atoms with E-state index in [0.717, 1.165) is 11.1 Å². The Bertz CT molecular complexity index is 672. The minimum atomic E-state index is -0.975. The summed E-state index contributed by atoms with van der Waals surface area (Å²) in [6, 6.07) is 19.9. The van der Waals surface area contributed by atoms with Gasteiger partial charge in [0.2, 0.25) is 5.91 Å². The van der Waals surface area contributed by atoms with Crippen LogP contribution in [0.15, 0.2) is 60.7 Å². The van der Waals surface area contributed by atoms with E-state index >= 15 is 0 Å². The molecule has 1 saturated heterocycles. The summed E-state index contributed by atoms with van der Waals surface area (Å²) in [6.45, 7) is 2.32. The highest BCUT2D eigenvalue weighted by atomic mass is 35.5. The van der Waals surface area contributed by atoms with Crippen molar-refractivity contribution in [3.05, 3.63) is 71.8 Å². The van der Waals surface area contributed by atoms with Crippen LogP contribution in [0.3, 0.4) is 0 Å². The Balaban J connectivity index is 2.01. The van der Waals surface area contributed by atoms with E-state index in [9.17, 15) is 4.79 Å². The summed E-state index contributed by atoms with van der Waals surface area (Å²) in [7, 11) is 0. The van der Waals surface area contributed by atoms with E-state index in [1.54, 1.807) is 6.92 Å². The van der Waals surface area contributed by atoms with Gasteiger partial charge in [0, 0.05) is 18.3 Å². The first-order valence-electron chi connectivity index (χ1n) is 7.70. The predicted molar refractivity (Wildman–Crippen MR) is 94.6 cm³/mol. The second-order valence-electron chi connectivity index (χ2n) is 6.11. The number of benzene rings is 2. The molecule has 0 N–H and O–H groups in total. The molecule has 0 saturated carbocycles. The molecule has 4 heteroatoms. The van der Waals surface area contributed by atoms with E-state index < -0.39 is 4.87 Å². The number of carbonyl (C=O) groups excluding carboxylic acids is 1. The number of amides is 1. The van der Waals surface area contributed by atoms with Gasteiger partial charge in [-0.15, -0.1) is 23.2 Å². The smallest absolute Gasteiger partial charge is 0.244 e. The van der Waals surface area contributed by atoms with Crippen LogP contribution in [-0.2, 0) is 11.3 Å². The zero-order valence-corrected chi connectivity index (χ0v) is 14.5. The Morgan fingerprint density at radius 3 is 2.17 bits per heavy atom. The number of likely N-dealkylation sites (tertiary alicyclic amines) is 1. The molecule has 1 fully saturated rings. The number of rotatable bonds is 4. The number of hydrogen-bond acceptors (Lipinski definition) is 1. The zero-order valence-electron chi connectivity index (χ0n) is 13.0. The summed E-state index contributed by atoms with van der Waals surface area (Å²) < 4.78 is 0. The Morgan fingerprint density at radius 2 is 1.61 bits per heavy atom. The van der Waals surface area contributed by atoms with Crippen LogP contribution in [0.1, 0.15) is 24.1 Å². The summed E-state index contributed by atoms with van der Waals surface area (Å²) in [5, 5.41) is 0. The number of alkyl halides is 2. The van der Waals surface area contributed by atoms with E-state index in [4.69, 9.17) is 23.2 Å². The van der Waals surface area contributed by atoms with Crippen LogP contribution < -0.4 is 0 Å². The molecule has 3 rings (SSSR count). The third-order valence-corrected chi connectivity index (χ3v) is 5.37. The van der Waals surface area contributed by atoms with Crippen molar-refractivity contribution < 1.29 is 4.79 Å². The maximum atomic E-state index is 12.9. The van der Waals surface area contributed by atoms with E-state index in [0.29, 0.717) is 12.4 Å². The van der Waals surface area contributed by atoms with Crippen molar-refractivity contribution in [2.75, 3.05) is 5.88 Å². The summed E-state index contributed by atoms with van der Waals surface area (Å²) in [5.74, 6) is 0.156. The minimum absolute atomic E-state index is 0.0532. The molecule has 0 radical (unpaired) electrons. The topological polar surface area (TPSA) is 20.3 Å². The van der Waals surface area contributed by atoms with Crippen LogP contribution in [-0.4, -0.2) is 21.6 Å². The lowest BCUT2D eigenvalue weighted by Crippen LogP contribution is -2.35. The van der Waals surface area contributed by atoms with Crippen LogP contribution in [0.2, 0.25) is 0 Å². The van der Waals surface area contributed by atoms with E-state index in [2.05, 4.69) is 0 Å². The van der Waals surface area contributed by atoms with Gasteiger partial charge in [0.1, 0.15) is 4.87 Å². The molecular formula is C19H19Cl2NO. The average molecular weight is 348 g/mol. The lowest BCUT2D eigenvalue weighted by Gasteiger charge is -2.28. The molecule has 0 aromatic heterocycles. The Labute approximate surface area is 147 Å². The first kappa shape index (κ1) is 16.4. The monoisotopic (exact) mass is 347 g/mol. The number of halogens is 2. The fraction of sp³-hybridized carbons (Fsp3) is 0.316. The molecule has 120 valence electrons. The highest BCUT2D eigenvalue weighted by Gasteiger charge is 2.55. The van der Waals surface area contributed by atoms with Crippen molar-refractivity contribution in [2.24, 2.45) is 5.92 Å². The summed E-state index contributed by atoms with van der Waals surface area (Å²) >= 11 is 12.8. The maximum absolute atomic E-state index is 12.9. The third kappa shape index (κ3) is 2.98. The summed E-state index contributed by atoms with van der Waals surface area (Å²) in [4.78, 5) is 13.8. The molecule has 2 aromatic carbocycles. The second kappa shape index (κ2) is 6.54. The van der Waals surface area contributed by atoms with Crippen molar-refractivity contribution in [3.8, 4) is 0 Å². The van der Waals surface area contributed by atoms with E-state index in [1.165, 1.54) is 0 Å². The molecule has 23 heavy (non-hydrogen) atoms. The molecule has 1 unspecified atom stereocenters. The standard InChI is InChI=1S/C19H19Cl2NO/c1-19(21)16(12-20)17(15-10-6-3-7-11-15)22(18(19)23)13-14-8-4-2-5-9-14/h2-11,16-17H,12-13H2,1H3/t16-,17-,19?/m0/s1. The van der Waals surface area contributed by atoms with Crippen LogP contribution in [0, 0.1) is 5.92 Å². The molecule has 1 heterocycles. The average Bonchev–Trinajstić information content (AvgIpc) is 2.76. The predicted octanol–water partition coefficient (Wildman–Crippen LogP) is 4.62. The van der Waals surface area contributed by atoms with Gasteiger partial charge in [-0.05, 0) is 18.1 Å². The largest absolute Gasteiger partial charge is 0.329 e.